The van der Waals surface area contributed by atoms with E-state index in [1.807, 2.05) is 0 Å². The normalized spacial score (nSPS) is 11.3. The first-order valence-electron chi connectivity index (χ1n) is 9.81. The minimum Gasteiger partial charge on any atom is -0.465 e. The van der Waals surface area contributed by atoms with Crippen LogP contribution in [0, 0.1) is 5.41 Å². The maximum atomic E-state index is 12.1. The van der Waals surface area contributed by atoms with Gasteiger partial charge in [0, 0.05) is 0 Å². The van der Waals surface area contributed by atoms with E-state index in [2.05, 4.69) is 13.8 Å². The smallest absolute Gasteiger partial charge is 0.322 e. The number of hydrogen-bond acceptors (Lipinski definition) is 4. The Morgan fingerprint density at radius 1 is 0.625 bits per heavy atom. The Bertz CT molecular complexity index is 337. The second-order valence-electron chi connectivity index (χ2n) is 7.08. The number of carbonyl (C=O) groups excluding carboxylic acids is 2. The molecule has 24 heavy (non-hydrogen) atoms. The third-order valence-electron chi connectivity index (χ3n) is 4.23. The highest BCUT2D eigenvalue weighted by Crippen LogP contribution is 2.20. The number of ether oxygens (including phenoxy) is 2. The number of carbonyl (C=O) groups is 2. The van der Waals surface area contributed by atoms with Crippen LogP contribution in [-0.4, -0.2) is 25.2 Å². The first-order valence-corrected chi connectivity index (χ1v) is 9.81. The van der Waals surface area contributed by atoms with Gasteiger partial charge in [-0.05, 0) is 26.7 Å². The molecule has 4 heteroatoms. The van der Waals surface area contributed by atoms with Crippen molar-refractivity contribution in [3.05, 3.63) is 0 Å². The summed E-state index contributed by atoms with van der Waals surface area (Å²) in [4.78, 5) is 24.1. The van der Waals surface area contributed by atoms with E-state index >= 15 is 0 Å². The quantitative estimate of drug-likeness (QED) is 0.226. The molecule has 0 atom stereocenters. The van der Waals surface area contributed by atoms with Crippen molar-refractivity contribution in [1.29, 1.82) is 0 Å². The molecule has 0 radical (unpaired) electrons. The van der Waals surface area contributed by atoms with Crippen LogP contribution in [0.15, 0.2) is 0 Å². The van der Waals surface area contributed by atoms with Crippen molar-refractivity contribution in [1.82, 2.24) is 0 Å². The maximum Gasteiger partial charge on any atom is 0.322 e. The summed E-state index contributed by atoms with van der Waals surface area (Å²) in [5.74, 6) is -0.962. The van der Waals surface area contributed by atoms with E-state index < -0.39 is 17.4 Å². The Morgan fingerprint density at radius 2 is 0.958 bits per heavy atom. The molecule has 0 saturated heterocycles. The fourth-order valence-corrected chi connectivity index (χ4v) is 2.36. The second kappa shape index (κ2) is 14.3. The lowest BCUT2D eigenvalue weighted by Crippen LogP contribution is -2.37. The number of rotatable bonds is 15. The molecule has 0 N–H and O–H groups in total. The van der Waals surface area contributed by atoms with Gasteiger partial charge >= 0.3 is 11.9 Å². The van der Waals surface area contributed by atoms with E-state index in [1.54, 1.807) is 13.8 Å². The van der Waals surface area contributed by atoms with Crippen LogP contribution in [0.25, 0.3) is 0 Å². The van der Waals surface area contributed by atoms with Crippen LogP contribution < -0.4 is 0 Å². The third kappa shape index (κ3) is 10.7. The summed E-state index contributed by atoms with van der Waals surface area (Å²) < 4.78 is 10.5. The van der Waals surface area contributed by atoms with Gasteiger partial charge in [-0.3, -0.25) is 9.59 Å². The van der Waals surface area contributed by atoms with Gasteiger partial charge in [0.2, 0.25) is 0 Å². The zero-order valence-corrected chi connectivity index (χ0v) is 16.3. The summed E-state index contributed by atoms with van der Waals surface area (Å²) in [5.41, 5.74) is -1.22. The number of esters is 2. The zero-order chi connectivity index (χ0) is 18.3. The van der Waals surface area contributed by atoms with Crippen molar-refractivity contribution in [3.8, 4) is 0 Å². The van der Waals surface area contributed by atoms with Crippen LogP contribution in [0.1, 0.15) is 98.3 Å². The summed E-state index contributed by atoms with van der Waals surface area (Å²) in [6.07, 6.45) is 12.4. The van der Waals surface area contributed by atoms with Crippen LogP contribution in [0.5, 0.6) is 0 Å². The van der Waals surface area contributed by atoms with E-state index in [9.17, 15) is 9.59 Å². The highest BCUT2D eigenvalue weighted by Gasteiger charge is 2.39. The third-order valence-corrected chi connectivity index (χ3v) is 4.23. The Kier molecular flexibility index (Phi) is 13.7. The van der Waals surface area contributed by atoms with Gasteiger partial charge < -0.3 is 9.47 Å². The fourth-order valence-electron chi connectivity index (χ4n) is 2.36. The average molecular weight is 343 g/mol. The molecular formula is C20H38O4. The van der Waals surface area contributed by atoms with Crippen LogP contribution in [-0.2, 0) is 19.1 Å². The van der Waals surface area contributed by atoms with E-state index in [4.69, 9.17) is 9.47 Å². The number of hydrogen-bond donors (Lipinski definition) is 0. The lowest BCUT2D eigenvalue weighted by molar-refractivity contribution is -0.169. The Balaban J connectivity index is 3.82. The topological polar surface area (TPSA) is 52.6 Å². The Hall–Kier alpha value is -1.06. The van der Waals surface area contributed by atoms with Gasteiger partial charge in [-0.25, -0.2) is 0 Å². The molecule has 0 bridgehead atoms. The number of unbranched alkanes of at least 4 members (excludes halogenated alkanes) is 9. The van der Waals surface area contributed by atoms with Crippen molar-refractivity contribution in [2.24, 2.45) is 5.41 Å². The summed E-state index contributed by atoms with van der Waals surface area (Å²) in [6, 6.07) is 0. The molecule has 0 aromatic carbocycles. The predicted molar refractivity (Wildman–Crippen MR) is 97.8 cm³/mol. The van der Waals surface area contributed by atoms with Gasteiger partial charge in [-0.1, -0.05) is 71.6 Å². The highest BCUT2D eigenvalue weighted by atomic mass is 16.6. The molecule has 0 amide bonds. The lowest BCUT2D eigenvalue weighted by atomic mass is 9.94. The highest BCUT2D eigenvalue weighted by molar-refractivity contribution is 5.99. The molecule has 0 rings (SSSR count). The molecule has 0 aliphatic heterocycles. The van der Waals surface area contributed by atoms with Crippen molar-refractivity contribution in [3.63, 3.8) is 0 Å². The van der Waals surface area contributed by atoms with E-state index in [-0.39, 0.29) is 0 Å². The van der Waals surface area contributed by atoms with E-state index in [0.717, 1.165) is 38.5 Å². The molecule has 4 nitrogen and oxygen atoms in total. The monoisotopic (exact) mass is 342 g/mol. The second-order valence-corrected chi connectivity index (χ2v) is 7.08. The average Bonchev–Trinajstić information content (AvgIpc) is 2.56. The minimum absolute atomic E-state index is 0.382. The Morgan fingerprint density at radius 3 is 1.38 bits per heavy atom. The van der Waals surface area contributed by atoms with Crippen LogP contribution in [0.2, 0.25) is 0 Å². The fraction of sp³-hybridized carbons (Fsp3) is 0.900. The van der Waals surface area contributed by atoms with Crippen molar-refractivity contribution < 1.29 is 19.1 Å². The summed E-state index contributed by atoms with van der Waals surface area (Å²) in [7, 11) is 0. The van der Waals surface area contributed by atoms with Crippen molar-refractivity contribution in [2.45, 2.75) is 98.3 Å². The molecule has 142 valence electrons. The SMILES string of the molecule is CCCCCCCCCOC(=O)C(C)(C)C(=O)OCCCCCC. The largest absolute Gasteiger partial charge is 0.465 e. The summed E-state index contributed by atoms with van der Waals surface area (Å²) >= 11 is 0. The first kappa shape index (κ1) is 22.9. The van der Waals surface area contributed by atoms with Crippen molar-refractivity contribution in [2.75, 3.05) is 13.2 Å². The summed E-state index contributed by atoms with van der Waals surface area (Å²) in [5, 5.41) is 0. The van der Waals surface area contributed by atoms with Crippen LogP contribution in [0.3, 0.4) is 0 Å². The molecule has 0 aromatic heterocycles. The zero-order valence-electron chi connectivity index (χ0n) is 16.3. The molecular weight excluding hydrogens is 304 g/mol. The van der Waals surface area contributed by atoms with Crippen molar-refractivity contribution >= 4 is 11.9 Å². The summed E-state index contributed by atoms with van der Waals surface area (Å²) in [6.45, 7) is 8.27. The molecule has 0 saturated carbocycles. The van der Waals surface area contributed by atoms with Gasteiger partial charge in [-0.15, -0.1) is 0 Å². The maximum absolute atomic E-state index is 12.1. The van der Waals surface area contributed by atoms with E-state index in [1.165, 1.54) is 32.1 Å². The first-order chi connectivity index (χ1) is 11.5. The minimum atomic E-state index is -1.22. The van der Waals surface area contributed by atoms with Gasteiger partial charge in [0.1, 0.15) is 0 Å². The molecule has 0 unspecified atom stereocenters. The van der Waals surface area contributed by atoms with Crippen LogP contribution >= 0.6 is 0 Å². The molecule has 0 aliphatic carbocycles. The predicted octanol–water partition coefficient (Wildman–Crippen LogP) is 5.43. The molecule has 0 aromatic rings. The van der Waals surface area contributed by atoms with Gasteiger partial charge in [0.05, 0.1) is 13.2 Å². The molecule has 0 fully saturated rings. The molecule has 0 heterocycles. The lowest BCUT2D eigenvalue weighted by Gasteiger charge is -2.20. The van der Waals surface area contributed by atoms with Gasteiger partial charge in [0.25, 0.3) is 0 Å². The molecule has 0 aliphatic rings. The standard InChI is InChI=1S/C20H38O4/c1-5-7-9-11-12-13-15-17-24-19(22)20(3,4)18(21)23-16-14-10-8-6-2/h5-17H2,1-4H3. The van der Waals surface area contributed by atoms with E-state index in [0.29, 0.717) is 13.2 Å². The molecule has 0 spiro atoms. The Labute approximate surface area is 148 Å². The van der Waals surface area contributed by atoms with Crippen LogP contribution in [0.4, 0.5) is 0 Å². The van der Waals surface area contributed by atoms with Gasteiger partial charge in [-0.2, -0.15) is 0 Å². The van der Waals surface area contributed by atoms with Gasteiger partial charge in [0.15, 0.2) is 5.41 Å².